The van der Waals surface area contributed by atoms with E-state index in [1.165, 1.54) is 7.11 Å². The first-order valence-corrected chi connectivity index (χ1v) is 8.32. The van der Waals surface area contributed by atoms with Crippen LogP contribution in [0, 0.1) is 5.92 Å². The maximum atomic E-state index is 10.3. The Labute approximate surface area is 145 Å². The molecule has 4 unspecified atom stereocenters. The molecule has 10 nitrogen and oxygen atoms in total. The predicted octanol–water partition coefficient (Wildman–Crippen LogP) is -3.08. The minimum absolute atomic E-state index is 0.267. The van der Waals surface area contributed by atoms with Crippen LogP contribution >= 0.6 is 0 Å². The van der Waals surface area contributed by atoms with Crippen LogP contribution in [0.3, 0.4) is 0 Å². The largest absolute Gasteiger partial charge is 0.394 e. The third-order valence-electron chi connectivity index (χ3n) is 4.82. The molecular weight excluding hydrogens is 340 g/mol. The van der Waals surface area contributed by atoms with Crippen molar-refractivity contribution in [2.45, 2.75) is 68.7 Å². The fraction of sp³-hybridized carbons (Fsp3) is 1.00. The van der Waals surface area contributed by atoms with Gasteiger partial charge in [-0.3, -0.25) is 0 Å². The smallest absolute Gasteiger partial charge is 0.186 e. The summed E-state index contributed by atoms with van der Waals surface area (Å²) in [6.07, 6.45) is -10.3. The average molecular weight is 368 g/mol. The van der Waals surface area contributed by atoms with E-state index in [0.717, 1.165) is 0 Å². The third kappa shape index (κ3) is 4.30. The van der Waals surface area contributed by atoms with Gasteiger partial charge in [-0.15, -0.1) is 0 Å². The molecule has 0 saturated carbocycles. The fourth-order valence-electron chi connectivity index (χ4n) is 3.22. The molecule has 2 heterocycles. The van der Waals surface area contributed by atoms with E-state index in [2.05, 4.69) is 0 Å². The van der Waals surface area contributed by atoms with E-state index < -0.39 is 67.8 Å². The first kappa shape index (κ1) is 20.9. The zero-order valence-electron chi connectivity index (χ0n) is 14.2. The molecule has 6 N–H and O–H groups in total. The monoisotopic (exact) mass is 368 g/mol. The van der Waals surface area contributed by atoms with E-state index in [-0.39, 0.29) is 6.61 Å². The van der Waals surface area contributed by atoms with Crippen LogP contribution in [0.4, 0.5) is 0 Å². The molecule has 148 valence electrons. The van der Waals surface area contributed by atoms with Crippen LogP contribution in [-0.4, -0.2) is 106 Å². The van der Waals surface area contributed by atoms with Crippen molar-refractivity contribution >= 4 is 0 Å². The van der Waals surface area contributed by atoms with Crippen LogP contribution < -0.4 is 0 Å². The number of aliphatic hydroxyl groups is 6. The number of hydrogen-bond acceptors (Lipinski definition) is 10. The summed E-state index contributed by atoms with van der Waals surface area (Å²) in [5, 5.41) is 59.2. The van der Waals surface area contributed by atoms with Gasteiger partial charge < -0.3 is 49.6 Å². The van der Waals surface area contributed by atoms with Crippen LogP contribution in [0.25, 0.3) is 0 Å². The highest BCUT2D eigenvalue weighted by Gasteiger charge is 2.47. The average Bonchev–Trinajstić information content (AvgIpc) is 2.61. The predicted molar refractivity (Wildman–Crippen MR) is 81.2 cm³/mol. The van der Waals surface area contributed by atoms with E-state index in [9.17, 15) is 30.6 Å². The lowest BCUT2D eigenvalue weighted by Gasteiger charge is -2.43. The zero-order valence-corrected chi connectivity index (χ0v) is 14.2. The topological polar surface area (TPSA) is 158 Å². The van der Waals surface area contributed by atoms with E-state index in [0.29, 0.717) is 6.42 Å². The molecular formula is C15H28O10. The van der Waals surface area contributed by atoms with Crippen LogP contribution in [0.15, 0.2) is 0 Å². The van der Waals surface area contributed by atoms with Crippen molar-refractivity contribution in [2.24, 2.45) is 5.92 Å². The number of hydrogen-bond donors (Lipinski definition) is 6. The van der Waals surface area contributed by atoms with E-state index in [1.54, 1.807) is 6.92 Å². The molecule has 2 fully saturated rings. The summed E-state index contributed by atoms with van der Waals surface area (Å²) in [5.74, 6) is -0.549. The first-order chi connectivity index (χ1) is 11.8. The SMILES string of the molecule is CC[C@H]1C(O)[C@H](OCC2O[C@@H](OC)C(O)[C@H](O)[C@@H]2O)OC(CO)[C@H]1O. The van der Waals surface area contributed by atoms with Crippen molar-refractivity contribution in [1.82, 2.24) is 0 Å². The highest BCUT2D eigenvalue weighted by atomic mass is 16.7. The Kier molecular flexibility index (Phi) is 7.52. The Bertz CT molecular complexity index is 408. The maximum absolute atomic E-state index is 10.3. The lowest BCUT2D eigenvalue weighted by molar-refractivity contribution is -0.324. The summed E-state index contributed by atoms with van der Waals surface area (Å²) in [6, 6.07) is 0. The minimum atomic E-state index is -1.49. The molecule has 0 aliphatic carbocycles. The molecule has 0 bridgehead atoms. The van der Waals surface area contributed by atoms with Gasteiger partial charge in [-0.05, 0) is 6.42 Å². The van der Waals surface area contributed by atoms with E-state index in [4.69, 9.17) is 18.9 Å². The summed E-state index contributed by atoms with van der Waals surface area (Å²) >= 11 is 0. The molecule has 0 spiro atoms. The van der Waals surface area contributed by atoms with Crippen LogP contribution in [0.1, 0.15) is 13.3 Å². The van der Waals surface area contributed by atoms with Crippen molar-refractivity contribution in [3.8, 4) is 0 Å². The summed E-state index contributed by atoms with van der Waals surface area (Å²) in [4.78, 5) is 0. The minimum Gasteiger partial charge on any atom is -0.394 e. The Morgan fingerprint density at radius 2 is 1.44 bits per heavy atom. The third-order valence-corrected chi connectivity index (χ3v) is 4.82. The molecule has 2 aliphatic rings. The van der Waals surface area contributed by atoms with Crippen molar-refractivity contribution in [2.75, 3.05) is 20.3 Å². The normalized spacial score (nSPS) is 48.5. The van der Waals surface area contributed by atoms with Crippen molar-refractivity contribution in [1.29, 1.82) is 0 Å². The number of aliphatic hydroxyl groups excluding tert-OH is 6. The fourth-order valence-corrected chi connectivity index (χ4v) is 3.22. The molecule has 25 heavy (non-hydrogen) atoms. The van der Waals surface area contributed by atoms with Gasteiger partial charge >= 0.3 is 0 Å². The maximum Gasteiger partial charge on any atom is 0.186 e. The first-order valence-electron chi connectivity index (χ1n) is 8.32. The Hall–Kier alpha value is -0.400. The molecule has 0 aromatic carbocycles. The van der Waals surface area contributed by atoms with Crippen LogP contribution in [0.2, 0.25) is 0 Å². The number of ether oxygens (including phenoxy) is 4. The zero-order chi connectivity index (χ0) is 18.7. The van der Waals surface area contributed by atoms with Crippen LogP contribution in [0.5, 0.6) is 0 Å². The van der Waals surface area contributed by atoms with E-state index >= 15 is 0 Å². The standard InChI is InChI=1S/C15H28O10/c1-3-6-9(17)7(4-16)24-15(10(6)18)23-5-8-11(19)12(20)13(21)14(22-2)25-8/h6-21H,3-5H2,1-2H3/t6-,7?,8?,9+,10?,11-,12-,13?,14-,15-/m1/s1. The molecule has 0 aromatic heterocycles. The molecule has 10 atom stereocenters. The second-order valence-electron chi connectivity index (χ2n) is 6.36. The Morgan fingerprint density at radius 1 is 0.800 bits per heavy atom. The van der Waals surface area contributed by atoms with Gasteiger partial charge in [-0.1, -0.05) is 6.92 Å². The van der Waals surface area contributed by atoms with Crippen molar-refractivity contribution < 1.29 is 49.6 Å². The van der Waals surface area contributed by atoms with Gasteiger partial charge in [0, 0.05) is 13.0 Å². The molecule has 0 radical (unpaired) electrons. The van der Waals surface area contributed by atoms with E-state index in [1.807, 2.05) is 0 Å². The molecule has 2 saturated heterocycles. The number of methoxy groups -OCH3 is 1. The molecule has 2 aliphatic heterocycles. The second kappa shape index (κ2) is 9.00. The summed E-state index contributed by atoms with van der Waals surface area (Å²) in [5.41, 5.74) is 0. The van der Waals surface area contributed by atoms with Gasteiger partial charge in [-0.25, -0.2) is 0 Å². The van der Waals surface area contributed by atoms with Gasteiger partial charge in [-0.2, -0.15) is 0 Å². The second-order valence-corrected chi connectivity index (χ2v) is 6.36. The number of rotatable bonds is 6. The lowest BCUT2D eigenvalue weighted by atomic mass is 9.87. The van der Waals surface area contributed by atoms with Gasteiger partial charge in [0.05, 0.1) is 19.3 Å². The quantitative estimate of drug-likeness (QED) is 0.284. The van der Waals surface area contributed by atoms with Gasteiger partial charge in [0.2, 0.25) is 0 Å². The summed E-state index contributed by atoms with van der Waals surface area (Å²) in [7, 11) is 1.28. The highest BCUT2D eigenvalue weighted by molar-refractivity contribution is 4.91. The summed E-state index contributed by atoms with van der Waals surface area (Å²) in [6.45, 7) is 1.07. The molecule has 2 rings (SSSR count). The van der Waals surface area contributed by atoms with Gasteiger partial charge in [0.25, 0.3) is 0 Å². The highest BCUT2D eigenvalue weighted by Crippen LogP contribution is 2.30. The Morgan fingerprint density at radius 3 is 2.00 bits per heavy atom. The lowest BCUT2D eigenvalue weighted by Crippen LogP contribution is -2.60. The van der Waals surface area contributed by atoms with Crippen LogP contribution in [-0.2, 0) is 18.9 Å². The van der Waals surface area contributed by atoms with Crippen molar-refractivity contribution in [3.63, 3.8) is 0 Å². The Balaban J connectivity index is 1.99. The summed E-state index contributed by atoms with van der Waals surface area (Å²) < 4.78 is 21.1. The molecule has 10 heteroatoms. The molecule has 0 aromatic rings. The van der Waals surface area contributed by atoms with Crippen molar-refractivity contribution in [3.05, 3.63) is 0 Å². The van der Waals surface area contributed by atoms with Gasteiger partial charge in [0.15, 0.2) is 12.6 Å². The molecule has 0 amide bonds. The van der Waals surface area contributed by atoms with Gasteiger partial charge in [0.1, 0.15) is 36.6 Å².